The van der Waals surface area contributed by atoms with Crippen LogP contribution in [0.5, 0.6) is 0 Å². The minimum Gasteiger partial charge on any atom is -0.313 e. The second-order valence-corrected chi connectivity index (χ2v) is 4.13. The molecule has 0 radical (unpaired) electrons. The van der Waals surface area contributed by atoms with E-state index >= 15 is 0 Å². The fourth-order valence-electron chi connectivity index (χ4n) is 0.891. The Labute approximate surface area is 87.6 Å². The van der Waals surface area contributed by atoms with Gasteiger partial charge in [0.1, 0.15) is 0 Å². The quantitative estimate of drug-likeness (QED) is 0.598. The predicted octanol–water partition coefficient (Wildman–Crippen LogP) is 3.17. The van der Waals surface area contributed by atoms with Gasteiger partial charge in [0.25, 0.3) is 0 Å². The van der Waals surface area contributed by atoms with Gasteiger partial charge < -0.3 is 5.32 Å². The second kappa shape index (κ2) is 5.83. The highest BCUT2D eigenvalue weighted by Gasteiger charge is 2.30. The molecule has 0 amide bonds. The molecular weight excluding hydrogens is 244 g/mol. The minimum absolute atomic E-state index is 0.0958. The summed E-state index contributed by atoms with van der Waals surface area (Å²) in [6, 6.07) is -0.862. The molecule has 0 aliphatic carbocycles. The number of nitrogens with one attached hydrogen (secondary N) is 1. The van der Waals surface area contributed by atoms with E-state index in [1.165, 1.54) is 6.92 Å². The third-order valence-corrected chi connectivity index (χ3v) is 2.13. The average molecular weight is 255 g/mol. The smallest absolute Gasteiger partial charge is 0.313 e. The Bertz CT molecular complexity index is 177. The van der Waals surface area contributed by atoms with E-state index in [1.54, 1.807) is 0 Å². The van der Waals surface area contributed by atoms with Crippen LogP contribution < -0.4 is 5.32 Å². The van der Waals surface area contributed by atoms with Crippen LogP contribution in [0.25, 0.3) is 0 Å². The lowest BCUT2D eigenvalue weighted by molar-refractivity contribution is -0.138. The molecule has 0 heterocycles. The van der Waals surface area contributed by atoms with Gasteiger partial charge in [-0.1, -0.05) is 0 Å². The lowest BCUT2D eigenvalue weighted by atomic mass is 10.2. The van der Waals surface area contributed by atoms with Crippen LogP contribution in [0.4, 0.5) is 26.3 Å². The predicted molar refractivity (Wildman–Crippen MR) is 46.6 cm³/mol. The van der Waals surface area contributed by atoms with Crippen LogP contribution >= 0.6 is 11.8 Å². The summed E-state index contributed by atoms with van der Waals surface area (Å²) < 4.78 is 70.2. The average Bonchev–Trinajstić information content (AvgIpc) is 1.92. The number of rotatable bonds is 5. The van der Waals surface area contributed by atoms with Crippen molar-refractivity contribution in [3.63, 3.8) is 0 Å². The maximum atomic E-state index is 11.8. The zero-order valence-corrected chi connectivity index (χ0v) is 8.69. The molecule has 8 heteroatoms. The molecular formula is C7H11F6NS. The van der Waals surface area contributed by atoms with Gasteiger partial charge in [0.15, 0.2) is 0 Å². The number of hydrogen-bond acceptors (Lipinski definition) is 2. The van der Waals surface area contributed by atoms with Crippen molar-refractivity contribution in [2.24, 2.45) is 0 Å². The van der Waals surface area contributed by atoms with Crippen molar-refractivity contribution in [2.45, 2.75) is 31.1 Å². The number of alkyl halides is 6. The van der Waals surface area contributed by atoms with Gasteiger partial charge in [0.2, 0.25) is 0 Å². The molecule has 0 aliphatic heterocycles. The molecule has 0 bridgehead atoms. The van der Waals surface area contributed by atoms with Crippen LogP contribution in [-0.2, 0) is 0 Å². The maximum Gasteiger partial charge on any atom is 0.441 e. The van der Waals surface area contributed by atoms with Crippen molar-refractivity contribution in [1.82, 2.24) is 5.32 Å². The Balaban J connectivity index is 3.52. The maximum absolute atomic E-state index is 11.8. The van der Waals surface area contributed by atoms with E-state index in [2.05, 4.69) is 5.32 Å². The Morgan fingerprint density at radius 2 is 1.67 bits per heavy atom. The van der Waals surface area contributed by atoms with Crippen molar-refractivity contribution in [3.05, 3.63) is 0 Å². The molecule has 1 N–H and O–H groups in total. The van der Waals surface area contributed by atoms with Crippen molar-refractivity contribution >= 4 is 11.8 Å². The van der Waals surface area contributed by atoms with Crippen LogP contribution in [0.3, 0.4) is 0 Å². The van der Waals surface area contributed by atoms with Crippen LogP contribution in [0, 0.1) is 0 Å². The van der Waals surface area contributed by atoms with Crippen molar-refractivity contribution in [2.75, 3.05) is 12.3 Å². The van der Waals surface area contributed by atoms with Gasteiger partial charge in [-0.25, -0.2) is 0 Å². The minimum atomic E-state index is -4.32. The van der Waals surface area contributed by atoms with Gasteiger partial charge >= 0.3 is 11.7 Å². The molecule has 0 aliphatic rings. The Morgan fingerprint density at radius 1 is 1.13 bits per heavy atom. The normalized spacial score (nSPS) is 15.4. The van der Waals surface area contributed by atoms with E-state index in [4.69, 9.17) is 0 Å². The zero-order valence-electron chi connectivity index (χ0n) is 7.87. The van der Waals surface area contributed by atoms with Crippen molar-refractivity contribution in [3.8, 4) is 0 Å². The summed E-state index contributed by atoms with van der Waals surface area (Å²) >= 11 is -0.250. The van der Waals surface area contributed by atoms with Gasteiger partial charge in [-0.2, -0.15) is 26.3 Å². The van der Waals surface area contributed by atoms with E-state index in [0.717, 1.165) is 0 Å². The highest BCUT2D eigenvalue weighted by atomic mass is 32.2. The van der Waals surface area contributed by atoms with Crippen LogP contribution in [-0.4, -0.2) is 30.0 Å². The van der Waals surface area contributed by atoms with E-state index in [1.807, 2.05) is 0 Å². The third-order valence-electron chi connectivity index (χ3n) is 1.40. The summed E-state index contributed by atoms with van der Waals surface area (Å²) in [6.07, 6.45) is -5.33. The van der Waals surface area contributed by atoms with E-state index in [9.17, 15) is 26.3 Å². The monoisotopic (exact) mass is 255 g/mol. The third kappa shape index (κ3) is 11.8. The van der Waals surface area contributed by atoms with Gasteiger partial charge in [0.05, 0.1) is 6.42 Å². The highest BCUT2D eigenvalue weighted by molar-refractivity contribution is 8.00. The summed E-state index contributed by atoms with van der Waals surface area (Å²) in [6.45, 7) is 1.19. The lowest BCUT2D eigenvalue weighted by Gasteiger charge is -2.15. The molecule has 0 aromatic carbocycles. The molecule has 0 fully saturated rings. The first kappa shape index (κ1) is 14.9. The number of thioether (sulfide) groups is 1. The van der Waals surface area contributed by atoms with Crippen LogP contribution in [0.15, 0.2) is 0 Å². The Kier molecular flexibility index (Phi) is 5.79. The lowest BCUT2D eigenvalue weighted by Crippen LogP contribution is -2.33. The molecule has 0 aromatic heterocycles. The molecule has 15 heavy (non-hydrogen) atoms. The van der Waals surface area contributed by atoms with Crippen molar-refractivity contribution in [1.29, 1.82) is 0 Å². The SMILES string of the molecule is CC(CC(F)(F)F)NCCSC(F)(F)F. The summed E-state index contributed by atoms with van der Waals surface area (Å²) in [5.74, 6) is -0.286. The Morgan fingerprint density at radius 3 is 2.07 bits per heavy atom. The van der Waals surface area contributed by atoms with E-state index in [0.29, 0.717) is 0 Å². The highest BCUT2D eigenvalue weighted by Crippen LogP contribution is 2.29. The molecule has 0 rings (SSSR count). The first-order valence-corrected chi connectivity index (χ1v) is 5.09. The van der Waals surface area contributed by atoms with Gasteiger partial charge in [-0.3, -0.25) is 0 Å². The first-order chi connectivity index (χ1) is 6.60. The van der Waals surface area contributed by atoms with Crippen LogP contribution in [0.2, 0.25) is 0 Å². The summed E-state index contributed by atoms with van der Waals surface area (Å²) in [5.41, 5.74) is -4.32. The molecule has 1 nitrogen and oxygen atoms in total. The molecule has 0 saturated carbocycles. The van der Waals surface area contributed by atoms with E-state index in [-0.39, 0.29) is 24.1 Å². The summed E-state index contributed by atoms with van der Waals surface area (Å²) in [5, 5.41) is 2.37. The van der Waals surface area contributed by atoms with Crippen molar-refractivity contribution < 1.29 is 26.3 Å². The van der Waals surface area contributed by atoms with Gasteiger partial charge in [-0.15, -0.1) is 0 Å². The molecule has 1 unspecified atom stereocenters. The molecule has 0 spiro atoms. The van der Waals surface area contributed by atoms with E-state index < -0.39 is 24.1 Å². The zero-order chi connectivity index (χ0) is 12.1. The summed E-state index contributed by atoms with van der Waals surface area (Å²) in [7, 11) is 0. The molecule has 92 valence electrons. The largest absolute Gasteiger partial charge is 0.441 e. The van der Waals surface area contributed by atoms with Gasteiger partial charge in [-0.05, 0) is 18.7 Å². The standard InChI is InChI=1S/C7H11F6NS/c1-5(4-6(8,9)10)14-2-3-15-7(11,12)13/h5,14H,2-4H2,1H3. The molecule has 0 saturated heterocycles. The number of halogens is 6. The molecule has 0 aromatic rings. The Hall–Kier alpha value is -0.110. The fourth-order valence-corrected chi connectivity index (χ4v) is 1.34. The number of hydrogen-bond donors (Lipinski definition) is 1. The first-order valence-electron chi connectivity index (χ1n) is 4.11. The van der Waals surface area contributed by atoms with Crippen LogP contribution in [0.1, 0.15) is 13.3 Å². The topological polar surface area (TPSA) is 12.0 Å². The summed E-state index contributed by atoms with van der Waals surface area (Å²) in [4.78, 5) is 0. The van der Waals surface area contributed by atoms with Gasteiger partial charge in [0, 0.05) is 18.3 Å². The molecule has 1 atom stereocenters. The fraction of sp³-hybridized carbons (Fsp3) is 1.00. The second-order valence-electron chi connectivity index (χ2n) is 2.97.